The average molecular weight is 422 g/mol. The zero-order chi connectivity index (χ0) is 20.1. The van der Waals surface area contributed by atoms with E-state index in [1.807, 2.05) is 65.4 Å². The Morgan fingerprint density at radius 3 is 2.55 bits per heavy atom. The monoisotopic (exact) mass is 421 g/mol. The predicted molar refractivity (Wildman–Crippen MR) is 115 cm³/mol. The molecule has 0 saturated heterocycles. The minimum absolute atomic E-state index is 0.272. The number of nitrogens with one attached hydrogen (secondary N) is 1. The first-order valence-corrected chi connectivity index (χ1v) is 10.00. The molecule has 1 amide bonds. The Hall–Kier alpha value is -3.29. The van der Waals surface area contributed by atoms with Crippen LogP contribution in [-0.4, -0.2) is 25.7 Å². The lowest BCUT2D eigenvalue weighted by molar-refractivity contribution is 0.0950. The summed E-state index contributed by atoms with van der Waals surface area (Å²) in [5.41, 5.74) is 2.94. The SMILES string of the molecule is O=C(NCc1ccccc1)c1nnc(/C(Cl)=C\c2ccc(-n3ccnc3)cc2)s1. The molecule has 4 rings (SSSR count). The van der Waals surface area contributed by atoms with Gasteiger partial charge in [-0.3, -0.25) is 4.79 Å². The van der Waals surface area contributed by atoms with Crippen molar-refractivity contribution in [3.05, 3.63) is 94.5 Å². The highest BCUT2D eigenvalue weighted by molar-refractivity contribution is 7.15. The van der Waals surface area contributed by atoms with E-state index in [4.69, 9.17) is 11.6 Å². The Morgan fingerprint density at radius 2 is 1.83 bits per heavy atom. The molecule has 0 fully saturated rings. The lowest BCUT2D eigenvalue weighted by Crippen LogP contribution is -2.22. The quantitative estimate of drug-likeness (QED) is 0.501. The standard InChI is InChI=1S/C21H16ClN5OS/c22-18(12-15-6-8-17(9-7-15)27-11-10-23-14-27)20-25-26-21(29-20)19(28)24-13-16-4-2-1-3-5-16/h1-12,14H,13H2,(H,24,28)/b18-12+. The third-order valence-electron chi connectivity index (χ3n) is 4.11. The van der Waals surface area contributed by atoms with E-state index >= 15 is 0 Å². The van der Waals surface area contributed by atoms with Gasteiger partial charge in [0, 0.05) is 24.6 Å². The average Bonchev–Trinajstić information content (AvgIpc) is 3.46. The second-order valence-electron chi connectivity index (χ2n) is 6.13. The summed E-state index contributed by atoms with van der Waals surface area (Å²) in [7, 11) is 0. The Bertz CT molecular complexity index is 1120. The van der Waals surface area contributed by atoms with Crippen molar-refractivity contribution in [2.24, 2.45) is 0 Å². The van der Waals surface area contributed by atoms with Gasteiger partial charge in [0.15, 0.2) is 5.01 Å². The van der Waals surface area contributed by atoms with Gasteiger partial charge in [0.05, 0.1) is 11.4 Å². The van der Waals surface area contributed by atoms with Crippen LogP contribution >= 0.6 is 22.9 Å². The van der Waals surface area contributed by atoms with Gasteiger partial charge in [0.1, 0.15) is 0 Å². The van der Waals surface area contributed by atoms with Crippen molar-refractivity contribution in [1.82, 2.24) is 25.1 Å². The Balaban J connectivity index is 1.42. The molecule has 6 nitrogen and oxygen atoms in total. The van der Waals surface area contributed by atoms with E-state index < -0.39 is 0 Å². The molecule has 0 aliphatic heterocycles. The molecule has 2 aromatic carbocycles. The summed E-state index contributed by atoms with van der Waals surface area (Å²) >= 11 is 7.55. The fraction of sp³-hybridized carbons (Fsp3) is 0.0476. The number of aromatic nitrogens is 4. The predicted octanol–water partition coefficient (Wildman–Crippen LogP) is 4.39. The van der Waals surface area contributed by atoms with Crippen molar-refractivity contribution in [2.75, 3.05) is 0 Å². The molecule has 0 atom stereocenters. The highest BCUT2D eigenvalue weighted by atomic mass is 35.5. The highest BCUT2D eigenvalue weighted by Gasteiger charge is 2.14. The molecule has 0 saturated carbocycles. The van der Waals surface area contributed by atoms with Crippen molar-refractivity contribution in [3.63, 3.8) is 0 Å². The second-order valence-corrected chi connectivity index (χ2v) is 7.52. The molecule has 0 spiro atoms. The number of amides is 1. The number of carbonyl (C=O) groups excluding carboxylic acids is 1. The maximum Gasteiger partial charge on any atom is 0.282 e. The van der Waals surface area contributed by atoms with Crippen molar-refractivity contribution >= 4 is 40.0 Å². The van der Waals surface area contributed by atoms with Crippen LogP contribution in [0.15, 0.2) is 73.3 Å². The molecule has 29 heavy (non-hydrogen) atoms. The van der Waals surface area contributed by atoms with Crippen LogP contribution in [0.3, 0.4) is 0 Å². The van der Waals surface area contributed by atoms with E-state index in [0.717, 1.165) is 28.2 Å². The lowest BCUT2D eigenvalue weighted by Gasteiger charge is -2.02. The summed E-state index contributed by atoms with van der Waals surface area (Å²) in [6.07, 6.45) is 7.14. The molecule has 2 aromatic heterocycles. The fourth-order valence-corrected chi connectivity index (χ4v) is 3.58. The molecule has 4 aromatic rings. The van der Waals surface area contributed by atoms with Crippen LogP contribution in [0, 0.1) is 0 Å². The van der Waals surface area contributed by atoms with E-state index in [1.54, 1.807) is 18.6 Å². The van der Waals surface area contributed by atoms with Crippen LogP contribution in [0.2, 0.25) is 0 Å². The molecular formula is C21H16ClN5OS. The normalized spacial score (nSPS) is 11.4. The minimum Gasteiger partial charge on any atom is -0.346 e. The summed E-state index contributed by atoms with van der Waals surface area (Å²) < 4.78 is 1.92. The van der Waals surface area contributed by atoms with E-state index in [9.17, 15) is 4.79 Å². The molecule has 0 aliphatic rings. The summed E-state index contributed by atoms with van der Waals surface area (Å²) in [4.78, 5) is 16.3. The number of halogens is 1. The van der Waals surface area contributed by atoms with E-state index in [1.165, 1.54) is 0 Å². The van der Waals surface area contributed by atoms with Gasteiger partial charge in [-0.05, 0) is 29.3 Å². The topological polar surface area (TPSA) is 72.7 Å². The van der Waals surface area contributed by atoms with Gasteiger partial charge in [0.25, 0.3) is 5.91 Å². The summed E-state index contributed by atoms with van der Waals surface area (Å²) in [5, 5.41) is 12.0. The number of benzene rings is 2. The van der Waals surface area contributed by atoms with Gasteiger partial charge < -0.3 is 9.88 Å². The van der Waals surface area contributed by atoms with Gasteiger partial charge >= 0.3 is 0 Å². The number of hydrogen-bond donors (Lipinski definition) is 1. The van der Waals surface area contributed by atoms with E-state index in [2.05, 4.69) is 20.5 Å². The van der Waals surface area contributed by atoms with E-state index in [0.29, 0.717) is 16.6 Å². The molecule has 144 valence electrons. The van der Waals surface area contributed by atoms with Gasteiger partial charge in [-0.25, -0.2) is 4.98 Å². The fourth-order valence-electron chi connectivity index (χ4n) is 2.63. The Kier molecular flexibility index (Phi) is 5.79. The second kappa shape index (κ2) is 8.81. The van der Waals surface area contributed by atoms with Crippen LogP contribution in [0.4, 0.5) is 0 Å². The van der Waals surface area contributed by atoms with Crippen molar-refractivity contribution in [1.29, 1.82) is 0 Å². The van der Waals surface area contributed by atoms with Gasteiger partial charge in [-0.1, -0.05) is 65.4 Å². The number of nitrogens with zero attached hydrogens (tertiary/aromatic N) is 4. The van der Waals surface area contributed by atoms with Gasteiger partial charge in [0.2, 0.25) is 5.01 Å². The van der Waals surface area contributed by atoms with Crippen molar-refractivity contribution in [3.8, 4) is 5.69 Å². The minimum atomic E-state index is -0.272. The van der Waals surface area contributed by atoms with E-state index in [-0.39, 0.29) is 10.9 Å². The summed E-state index contributed by atoms with van der Waals surface area (Å²) in [6.45, 7) is 0.432. The van der Waals surface area contributed by atoms with Crippen molar-refractivity contribution < 1.29 is 4.79 Å². The third-order valence-corrected chi connectivity index (χ3v) is 5.46. The molecule has 0 unspecified atom stereocenters. The summed E-state index contributed by atoms with van der Waals surface area (Å²) in [6, 6.07) is 17.5. The first-order valence-electron chi connectivity index (χ1n) is 8.80. The van der Waals surface area contributed by atoms with Crippen LogP contribution in [0.5, 0.6) is 0 Å². The zero-order valence-corrected chi connectivity index (χ0v) is 16.8. The number of carbonyl (C=O) groups is 1. The molecule has 0 radical (unpaired) electrons. The number of rotatable bonds is 6. The lowest BCUT2D eigenvalue weighted by atomic mass is 10.2. The van der Waals surface area contributed by atoms with Crippen LogP contribution < -0.4 is 5.32 Å². The highest BCUT2D eigenvalue weighted by Crippen LogP contribution is 2.25. The van der Waals surface area contributed by atoms with Gasteiger partial charge in [-0.15, -0.1) is 10.2 Å². The van der Waals surface area contributed by atoms with Gasteiger partial charge in [-0.2, -0.15) is 0 Å². The van der Waals surface area contributed by atoms with Crippen LogP contribution in [0.25, 0.3) is 16.8 Å². The molecule has 0 aliphatic carbocycles. The Morgan fingerprint density at radius 1 is 1.07 bits per heavy atom. The first kappa shape index (κ1) is 19.0. The third kappa shape index (κ3) is 4.77. The van der Waals surface area contributed by atoms with Crippen molar-refractivity contribution in [2.45, 2.75) is 6.54 Å². The molecule has 1 N–H and O–H groups in total. The molecular weight excluding hydrogens is 406 g/mol. The maximum atomic E-state index is 12.3. The first-order chi connectivity index (χ1) is 14.2. The largest absolute Gasteiger partial charge is 0.346 e. The summed E-state index contributed by atoms with van der Waals surface area (Å²) in [5.74, 6) is -0.272. The number of hydrogen-bond acceptors (Lipinski definition) is 5. The maximum absolute atomic E-state index is 12.3. The Labute approximate surface area is 176 Å². The van der Waals surface area contributed by atoms with Crippen LogP contribution in [0.1, 0.15) is 25.9 Å². The number of imidazole rings is 1. The molecule has 0 bridgehead atoms. The smallest absolute Gasteiger partial charge is 0.282 e. The zero-order valence-electron chi connectivity index (χ0n) is 15.2. The van der Waals surface area contributed by atoms with Crippen LogP contribution in [-0.2, 0) is 6.54 Å². The molecule has 2 heterocycles. The molecule has 8 heteroatoms.